The molecule has 3 N–H and O–H groups in total. The Hall–Kier alpha value is -1.06. The Balaban J connectivity index is 0.00000120. The van der Waals surface area contributed by atoms with Crippen LogP contribution in [-0.4, -0.2) is 4.57 Å². The first-order valence-electron chi connectivity index (χ1n) is 6.22. The summed E-state index contributed by atoms with van der Waals surface area (Å²) in [7, 11) is 0. The number of fused-ring (bicyclic) bond motifs is 3. The van der Waals surface area contributed by atoms with Crippen LogP contribution in [0, 0.1) is 5.82 Å². The van der Waals surface area contributed by atoms with E-state index < -0.39 is 0 Å². The van der Waals surface area contributed by atoms with Gasteiger partial charge in [-0.2, -0.15) is 0 Å². The number of aromatic nitrogens is 1. The van der Waals surface area contributed by atoms with Gasteiger partial charge in [-0.1, -0.05) is 18.5 Å². The van der Waals surface area contributed by atoms with Crippen molar-refractivity contribution in [2.45, 2.75) is 39.2 Å². The standard InChI is InChI=1S/C14H15ClFN.H3N/c1-2-8-17-11-5-3-4-9(11)13-12(17)7-6-10(16)14(13)15;/h6-7H,2-5,8H2,1H3;1H3. The normalized spacial score (nSPS) is 13.7. The van der Waals surface area contributed by atoms with E-state index in [1.165, 1.54) is 17.3 Å². The number of rotatable bonds is 2. The molecule has 0 fully saturated rings. The third-order valence-electron chi connectivity index (χ3n) is 3.63. The molecular formula is C14H18ClFN2. The maximum absolute atomic E-state index is 13.6. The third kappa shape index (κ3) is 1.73. The van der Waals surface area contributed by atoms with Crippen LogP contribution in [0.15, 0.2) is 12.1 Å². The average molecular weight is 269 g/mol. The maximum Gasteiger partial charge on any atom is 0.142 e. The van der Waals surface area contributed by atoms with Gasteiger partial charge in [0.1, 0.15) is 5.82 Å². The van der Waals surface area contributed by atoms with Crippen LogP contribution in [0.4, 0.5) is 4.39 Å². The van der Waals surface area contributed by atoms with Gasteiger partial charge in [-0.25, -0.2) is 4.39 Å². The number of hydrogen-bond acceptors (Lipinski definition) is 1. The van der Waals surface area contributed by atoms with Crippen LogP contribution in [0.1, 0.15) is 31.0 Å². The Labute approximate surface area is 111 Å². The van der Waals surface area contributed by atoms with Gasteiger partial charge in [0.05, 0.1) is 10.5 Å². The molecule has 0 radical (unpaired) electrons. The quantitative estimate of drug-likeness (QED) is 0.856. The molecule has 0 aliphatic heterocycles. The van der Waals surface area contributed by atoms with E-state index in [4.69, 9.17) is 11.6 Å². The number of aryl methyl sites for hydroxylation is 2. The largest absolute Gasteiger partial charge is 0.344 e. The zero-order valence-corrected chi connectivity index (χ0v) is 11.4. The zero-order valence-electron chi connectivity index (χ0n) is 10.6. The Kier molecular flexibility index (Phi) is 3.64. The molecule has 3 rings (SSSR count). The molecule has 2 aromatic rings. The molecule has 0 saturated heterocycles. The Morgan fingerprint density at radius 3 is 2.83 bits per heavy atom. The van der Waals surface area contributed by atoms with Crippen LogP contribution in [0.2, 0.25) is 5.02 Å². The highest BCUT2D eigenvalue weighted by Gasteiger charge is 2.23. The second kappa shape index (κ2) is 4.90. The van der Waals surface area contributed by atoms with Gasteiger partial charge in [0.15, 0.2) is 0 Å². The number of halogens is 2. The first-order valence-corrected chi connectivity index (χ1v) is 6.59. The average Bonchev–Trinajstić information content (AvgIpc) is 2.87. The fourth-order valence-electron chi connectivity index (χ4n) is 2.97. The number of nitrogens with zero attached hydrogens (tertiary/aromatic N) is 1. The minimum absolute atomic E-state index is 0. The molecule has 2 nitrogen and oxygen atoms in total. The van der Waals surface area contributed by atoms with Crippen LogP contribution >= 0.6 is 11.6 Å². The van der Waals surface area contributed by atoms with E-state index in [0.29, 0.717) is 5.02 Å². The molecule has 1 aliphatic rings. The van der Waals surface area contributed by atoms with Crippen molar-refractivity contribution < 1.29 is 4.39 Å². The molecular weight excluding hydrogens is 251 g/mol. The molecule has 98 valence electrons. The molecule has 0 saturated carbocycles. The van der Waals surface area contributed by atoms with Crippen molar-refractivity contribution in [1.29, 1.82) is 0 Å². The van der Waals surface area contributed by atoms with Gasteiger partial charge in [0.25, 0.3) is 0 Å². The summed E-state index contributed by atoms with van der Waals surface area (Å²) in [4.78, 5) is 0. The summed E-state index contributed by atoms with van der Waals surface area (Å²) in [5.74, 6) is -0.303. The highest BCUT2D eigenvalue weighted by Crippen LogP contribution is 2.38. The summed E-state index contributed by atoms with van der Waals surface area (Å²) < 4.78 is 15.9. The van der Waals surface area contributed by atoms with Crippen LogP contribution in [0.3, 0.4) is 0 Å². The lowest BCUT2D eigenvalue weighted by Crippen LogP contribution is -2.00. The number of hydrogen-bond donors (Lipinski definition) is 1. The van der Waals surface area contributed by atoms with Gasteiger partial charge in [0.2, 0.25) is 0 Å². The lowest BCUT2D eigenvalue weighted by atomic mass is 10.1. The molecule has 0 atom stereocenters. The van der Waals surface area contributed by atoms with Crippen LogP contribution < -0.4 is 6.15 Å². The second-order valence-corrected chi connectivity index (χ2v) is 5.06. The summed E-state index contributed by atoms with van der Waals surface area (Å²) >= 11 is 6.13. The highest BCUT2D eigenvalue weighted by molar-refractivity contribution is 6.36. The second-order valence-electron chi connectivity index (χ2n) is 4.69. The van der Waals surface area contributed by atoms with Gasteiger partial charge in [-0.15, -0.1) is 0 Å². The van der Waals surface area contributed by atoms with Crippen molar-refractivity contribution in [2.24, 2.45) is 0 Å². The summed E-state index contributed by atoms with van der Waals surface area (Å²) in [5.41, 5.74) is 3.75. The van der Waals surface area contributed by atoms with Crippen LogP contribution in [0.5, 0.6) is 0 Å². The van der Waals surface area contributed by atoms with Crippen molar-refractivity contribution in [1.82, 2.24) is 10.7 Å². The molecule has 0 unspecified atom stereocenters. The smallest absolute Gasteiger partial charge is 0.142 e. The molecule has 1 aromatic heterocycles. The summed E-state index contributed by atoms with van der Waals surface area (Å²) in [6.07, 6.45) is 4.38. The predicted octanol–water partition coefficient (Wildman–Crippen LogP) is 4.49. The van der Waals surface area contributed by atoms with Crippen LogP contribution in [0.25, 0.3) is 10.9 Å². The fourth-order valence-corrected chi connectivity index (χ4v) is 3.25. The maximum atomic E-state index is 13.6. The van der Waals surface area contributed by atoms with E-state index in [1.807, 2.05) is 6.07 Å². The summed E-state index contributed by atoms with van der Waals surface area (Å²) in [6.45, 7) is 3.16. The highest BCUT2D eigenvalue weighted by atomic mass is 35.5. The predicted molar refractivity (Wildman–Crippen MR) is 74.2 cm³/mol. The van der Waals surface area contributed by atoms with Crippen molar-refractivity contribution in [3.05, 3.63) is 34.2 Å². The third-order valence-corrected chi connectivity index (χ3v) is 4.00. The van der Waals surface area contributed by atoms with Gasteiger partial charge in [0, 0.05) is 17.6 Å². The van der Waals surface area contributed by atoms with Crippen molar-refractivity contribution in [3.8, 4) is 0 Å². The monoisotopic (exact) mass is 268 g/mol. The van der Waals surface area contributed by atoms with Crippen molar-refractivity contribution in [3.63, 3.8) is 0 Å². The number of benzene rings is 1. The molecule has 1 aromatic carbocycles. The lowest BCUT2D eigenvalue weighted by Gasteiger charge is -2.07. The molecule has 0 amide bonds. The first-order chi connectivity index (χ1) is 8.24. The Morgan fingerprint density at radius 2 is 2.11 bits per heavy atom. The van der Waals surface area contributed by atoms with Crippen LogP contribution in [-0.2, 0) is 19.4 Å². The van der Waals surface area contributed by atoms with Gasteiger partial charge < -0.3 is 10.7 Å². The van der Waals surface area contributed by atoms with Gasteiger partial charge >= 0.3 is 0 Å². The summed E-state index contributed by atoms with van der Waals surface area (Å²) in [5, 5.41) is 1.25. The van der Waals surface area contributed by atoms with E-state index in [9.17, 15) is 4.39 Å². The van der Waals surface area contributed by atoms with E-state index in [1.54, 1.807) is 0 Å². The molecule has 4 heteroatoms. The lowest BCUT2D eigenvalue weighted by molar-refractivity contribution is 0.629. The fraction of sp³-hybridized carbons (Fsp3) is 0.429. The van der Waals surface area contributed by atoms with E-state index in [0.717, 1.165) is 43.1 Å². The van der Waals surface area contributed by atoms with Crippen molar-refractivity contribution >= 4 is 22.5 Å². The van der Waals surface area contributed by atoms with Gasteiger partial charge in [-0.3, -0.25) is 0 Å². The first kappa shape index (κ1) is 13.4. The van der Waals surface area contributed by atoms with E-state index in [2.05, 4.69) is 11.5 Å². The molecule has 18 heavy (non-hydrogen) atoms. The van der Waals surface area contributed by atoms with Gasteiger partial charge in [-0.05, 0) is 43.4 Å². The molecule has 1 aliphatic carbocycles. The SMILES string of the molecule is CCCn1c2c(c3c(Cl)c(F)ccc31)CCC2.N. The van der Waals surface area contributed by atoms with E-state index >= 15 is 0 Å². The zero-order chi connectivity index (χ0) is 12.0. The topological polar surface area (TPSA) is 39.9 Å². The minimum Gasteiger partial charge on any atom is -0.344 e. The molecule has 0 spiro atoms. The minimum atomic E-state index is -0.303. The van der Waals surface area contributed by atoms with Crippen molar-refractivity contribution in [2.75, 3.05) is 0 Å². The summed E-state index contributed by atoms with van der Waals surface area (Å²) in [6, 6.07) is 3.34. The Morgan fingerprint density at radius 1 is 1.33 bits per heavy atom. The Bertz CT molecular complexity index is 589. The molecule has 0 bridgehead atoms. The van der Waals surface area contributed by atoms with E-state index in [-0.39, 0.29) is 12.0 Å². The molecule has 1 heterocycles.